The van der Waals surface area contributed by atoms with Crippen molar-refractivity contribution in [1.82, 2.24) is 0 Å². The van der Waals surface area contributed by atoms with E-state index in [9.17, 15) is 17.2 Å². The highest BCUT2D eigenvalue weighted by Crippen LogP contribution is 2.31. The minimum atomic E-state index is -4.27. The Hall–Kier alpha value is -2.35. The second-order valence-electron chi connectivity index (χ2n) is 4.25. The van der Waals surface area contributed by atoms with Crippen molar-refractivity contribution < 1.29 is 26.7 Å². The van der Waals surface area contributed by atoms with Gasteiger partial charge in [-0.2, -0.15) is 0 Å². The molecule has 0 atom stereocenters. The van der Waals surface area contributed by atoms with Crippen molar-refractivity contribution >= 4 is 15.7 Å². The first-order chi connectivity index (χ1) is 10.4. The fraction of sp³-hybridized carbons (Fsp3) is 0.143. The van der Waals surface area contributed by atoms with Crippen LogP contribution in [0.1, 0.15) is 0 Å². The van der Waals surface area contributed by atoms with Crippen molar-refractivity contribution in [2.24, 2.45) is 0 Å². The van der Waals surface area contributed by atoms with E-state index in [0.717, 1.165) is 12.1 Å². The number of hydrogen-bond donors (Lipinski definition) is 1. The molecule has 0 amide bonds. The number of benzene rings is 2. The van der Waals surface area contributed by atoms with Gasteiger partial charge in [0.2, 0.25) is 0 Å². The number of halogens is 2. The quantitative estimate of drug-likeness (QED) is 0.916. The van der Waals surface area contributed by atoms with Gasteiger partial charge in [0, 0.05) is 6.07 Å². The lowest BCUT2D eigenvalue weighted by Crippen LogP contribution is -2.15. The van der Waals surface area contributed by atoms with Crippen molar-refractivity contribution in [2.75, 3.05) is 18.9 Å². The Bertz CT molecular complexity index is 793. The molecule has 8 heteroatoms. The van der Waals surface area contributed by atoms with Crippen molar-refractivity contribution in [3.63, 3.8) is 0 Å². The van der Waals surface area contributed by atoms with Gasteiger partial charge in [0.05, 0.1) is 19.9 Å². The number of nitrogens with one attached hydrogen (secondary N) is 1. The van der Waals surface area contributed by atoms with Gasteiger partial charge in [-0.05, 0) is 30.3 Å². The highest BCUT2D eigenvalue weighted by atomic mass is 32.2. The summed E-state index contributed by atoms with van der Waals surface area (Å²) in [5.74, 6) is -1.20. The van der Waals surface area contributed by atoms with Gasteiger partial charge < -0.3 is 9.47 Å². The molecule has 0 spiro atoms. The molecule has 0 aliphatic rings. The summed E-state index contributed by atoms with van der Waals surface area (Å²) in [5.41, 5.74) is 0.126. The fourth-order valence-corrected chi connectivity index (χ4v) is 2.93. The van der Waals surface area contributed by atoms with Crippen LogP contribution in [0.25, 0.3) is 0 Å². The van der Waals surface area contributed by atoms with Crippen LogP contribution < -0.4 is 14.2 Å². The molecule has 0 radical (unpaired) electrons. The van der Waals surface area contributed by atoms with E-state index in [0.29, 0.717) is 17.6 Å². The first-order valence-corrected chi connectivity index (χ1v) is 7.55. The number of hydrogen-bond acceptors (Lipinski definition) is 4. The first kappa shape index (κ1) is 16.0. The third-order valence-corrected chi connectivity index (χ3v) is 4.21. The number of methoxy groups -OCH3 is 2. The van der Waals surface area contributed by atoms with Gasteiger partial charge >= 0.3 is 0 Å². The standard InChI is InChI=1S/C14H13F2NO4S/c1-20-12-6-4-10(8-13(12)21-2)17-22(18,19)14-7-9(15)3-5-11(14)16/h3-8,17H,1-2H3. The molecule has 0 bridgehead atoms. The van der Waals surface area contributed by atoms with Crippen molar-refractivity contribution in [2.45, 2.75) is 4.90 Å². The Morgan fingerprint density at radius 2 is 1.64 bits per heavy atom. The monoisotopic (exact) mass is 329 g/mol. The van der Waals surface area contributed by atoms with E-state index in [1.165, 1.54) is 32.4 Å². The van der Waals surface area contributed by atoms with Gasteiger partial charge in [0.15, 0.2) is 11.5 Å². The van der Waals surface area contributed by atoms with Gasteiger partial charge in [-0.25, -0.2) is 17.2 Å². The van der Waals surface area contributed by atoms with Crippen LogP contribution in [0.5, 0.6) is 11.5 Å². The van der Waals surface area contributed by atoms with E-state index < -0.39 is 26.6 Å². The van der Waals surface area contributed by atoms with Crippen LogP contribution in [0.3, 0.4) is 0 Å². The van der Waals surface area contributed by atoms with E-state index in [1.807, 2.05) is 0 Å². The minimum Gasteiger partial charge on any atom is -0.493 e. The zero-order valence-corrected chi connectivity index (χ0v) is 12.6. The normalized spacial score (nSPS) is 11.1. The molecule has 118 valence electrons. The molecule has 0 aliphatic carbocycles. The maximum absolute atomic E-state index is 13.6. The lowest BCUT2D eigenvalue weighted by molar-refractivity contribution is 0.355. The zero-order valence-electron chi connectivity index (χ0n) is 11.8. The summed E-state index contributed by atoms with van der Waals surface area (Å²) in [6.45, 7) is 0. The Kier molecular flexibility index (Phi) is 4.51. The predicted molar refractivity (Wildman–Crippen MR) is 76.7 cm³/mol. The molecule has 2 aromatic rings. The third kappa shape index (κ3) is 3.28. The van der Waals surface area contributed by atoms with E-state index >= 15 is 0 Å². The lowest BCUT2D eigenvalue weighted by Gasteiger charge is -2.12. The van der Waals surface area contributed by atoms with Crippen molar-refractivity contribution in [1.29, 1.82) is 0 Å². The van der Waals surface area contributed by atoms with Crippen LogP contribution >= 0.6 is 0 Å². The summed E-state index contributed by atoms with van der Waals surface area (Å²) in [5, 5.41) is 0. The van der Waals surface area contributed by atoms with Crippen molar-refractivity contribution in [3.8, 4) is 11.5 Å². The highest BCUT2D eigenvalue weighted by molar-refractivity contribution is 7.92. The summed E-state index contributed by atoms with van der Waals surface area (Å²) < 4.78 is 63.3. The number of sulfonamides is 1. The van der Waals surface area contributed by atoms with Crippen molar-refractivity contribution in [3.05, 3.63) is 48.0 Å². The van der Waals surface area contributed by atoms with E-state index in [1.54, 1.807) is 0 Å². The molecule has 1 N–H and O–H groups in total. The van der Waals surface area contributed by atoms with E-state index in [4.69, 9.17) is 9.47 Å². The molecule has 2 aromatic carbocycles. The largest absolute Gasteiger partial charge is 0.493 e. The number of ether oxygens (including phenoxy) is 2. The molecule has 0 unspecified atom stereocenters. The maximum atomic E-state index is 13.6. The zero-order chi connectivity index (χ0) is 16.3. The second kappa shape index (κ2) is 6.18. The SMILES string of the molecule is COc1ccc(NS(=O)(=O)c2cc(F)ccc2F)cc1OC. The third-order valence-electron chi connectivity index (χ3n) is 2.82. The van der Waals surface area contributed by atoms with Gasteiger partial charge in [0.25, 0.3) is 10.0 Å². The van der Waals surface area contributed by atoms with Crippen LogP contribution in [-0.4, -0.2) is 22.6 Å². The van der Waals surface area contributed by atoms with Gasteiger partial charge in [-0.3, -0.25) is 4.72 Å². The summed E-state index contributed by atoms with van der Waals surface area (Å²) in [7, 11) is -1.45. The van der Waals surface area contributed by atoms with Crippen LogP contribution in [0, 0.1) is 11.6 Å². The molecule has 22 heavy (non-hydrogen) atoms. The van der Waals surface area contributed by atoms with E-state index in [2.05, 4.69) is 4.72 Å². The van der Waals surface area contributed by atoms with Crippen LogP contribution in [-0.2, 0) is 10.0 Å². The number of anilines is 1. The molecular weight excluding hydrogens is 316 g/mol. The summed E-state index contributed by atoms with van der Waals surface area (Å²) in [6, 6.07) is 6.46. The smallest absolute Gasteiger partial charge is 0.264 e. The molecule has 0 aromatic heterocycles. The Morgan fingerprint density at radius 1 is 0.955 bits per heavy atom. The predicted octanol–water partition coefficient (Wildman–Crippen LogP) is 2.78. The Labute approximate surface area is 126 Å². The van der Waals surface area contributed by atoms with Crippen LogP contribution in [0.4, 0.5) is 14.5 Å². The second-order valence-corrected chi connectivity index (χ2v) is 5.90. The maximum Gasteiger partial charge on any atom is 0.264 e. The number of rotatable bonds is 5. The summed E-state index contributed by atoms with van der Waals surface area (Å²) >= 11 is 0. The van der Waals surface area contributed by atoms with Crippen LogP contribution in [0.15, 0.2) is 41.3 Å². The highest BCUT2D eigenvalue weighted by Gasteiger charge is 2.20. The average Bonchev–Trinajstić information content (AvgIpc) is 2.49. The Morgan fingerprint density at radius 3 is 2.27 bits per heavy atom. The summed E-state index contributed by atoms with van der Waals surface area (Å²) in [6.07, 6.45) is 0. The molecule has 0 saturated heterocycles. The van der Waals surface area contributed by atoms with Gasteiger partial charge in [0.1, 0.15) is 16.5 Å². The molecule has 0 heterocycles. The topological polar surface area (TPSA) is 64.6 Å². The van der Waals surface area contributed by atoms with Gasteiger partial charge in [-0.15, -0.1) is 0 Å². The molecule has 0 saturated carbocycles. The molecule has 5 nitrogen and oxygen atoms in total. The molecule has 2 rings (SSSR count). The van der Waals surface area contributed by atoms with E-state index in [-0.39, 0.29) is 5.69 Å². The Balaban J connectivity index is 2.39. The van der Waals surface area contributed by atoms with Gasteiger partial charge in [-0.1, -0.05) is 0 Å². The minimum absolute atomic E-state index is 0.126. The molecular formula is C14H13F2NO4S. The summed E-state index contributed by atoms with van der Waals surface area (Å²) in [4.78, 5) is -0.776. The molecule has 0 aliphatic heterocycles. The molecule has 0 fully saturated rings. The average molecular weight is 329 g/mol. The lowest BCUT2D eigenvalue weighted by atomic mass is 10.3. The first-order valence-electron chi connectivity index (χ1n) is 6.07. The fourth-order valence-electron chi connectivity index (χ4n) is 1.79. The van der Waals surface area contributed by atoms with Crippen LogP contribution in [0.2, 0.25) is 0 Å².